The van der Waals surface area contributed by atoms with Gasteiger partial charge in [-0.05, 0) is 31.4 Å². The summed E-state index contributed by atoms with van der Waals surface area (Å²) >= 11 is 0. The van der Waals surface area contributed by atoms with Gasteiger partial charge in [0.05, 0.1) is 11.4 Å². The standard InChI is InChI=1S/C14H14F4N2/c15-10-5-2-6-11-12(10)20-13(19-11)8-3-1-4-9(7-8)14(16,17)18/h2,5-6,8-9H,1,3-4,7H2,(H,19,20). The summed E-state index contributed by atoms with van der Waals surface area (Å²) < 4.78 is 52.0. The van der Waals surface area contributed by atoms with Gasteiger partial charge >= 0.3 is 6.18 Å². The number of alkyl halides is 3. The second-order valence-electron chi connectivity index (χ2n) is 5.36. The second kappa shape index (κ2) is 4.75. The van der Waals surface area contributed by atoms with Crippen molar-refractivity contribution in [1.29, 1.82) is 0 Å². The normalized spacial score (nSPS) is 24.2. The van der Waals surface area contributed by atoms with Gasteiger partial charge in [-0.2, -0.15) is 13.2 Å². The van der Waals surface area contributed by atoms with E-state index in [-0.39, 0.29) is 24.3 Å². The third-order valence-corrected chi connectivity index (χ3v) is 4.01. The molecule has 1 aromatic carbocycles. The molecule has 108 valence electrons. The summed E-state index contributed by atoms with van der Waals surface area (Å²) in [7, 11) is 0. The van der Waals surface area contributed by atoms with Gasteiger partial charge in [0.1, 0.15) is 11.3 Å². The topological polar surface area (TPSA) is 28.7 Å². The zero-order valence-corrected chi connectivity index (χ0v) is 10.7. The van der Waals surface area contributed by atoms with Crippen molar-refractivity contribution in [3.8, 4) is 0 Å². The van der Waals surface area contributed by atoms with Gasteiger partial charge in [0, 0.05) is 5.92 Å². The zero-order chi connectivity index (χ0) is 14.3. The molecule has 1 aliphatic rings. The summed E-state index contributed by atoms with van der Waals surface area (Å²) in [6, 6.07) is 4.53. The number of hydrogen-bond acceptors (Lipinski definition) is 1. The van der Waals surface area contributed by atoms with Crippen molar-refractivity contribution >= 4 is 11.0 Å². The van der Waals surface area contributed by atoms with Gasteiger partial charge in [-0.3, -0.25) is 0 Å². The minimum absolute atomic E-state index is 0.0327. The monoisotopic (exact) mass is 286 g/mol. The van der Waals surface area contributed by atoms with Crippen LogP contribution in [0.4, 0.5) is 17.6 Å². The molecule has 1 aliphatic carbocycles. The Hall–Kier alpha value is -1.59. The Morgan fingerprint density at radius 1 is 1.20 bits per heavy atom. The van der Waals surface area contributed by atoms with E-state index in [1.165, 1.54) is 6.07 Å². The van der Waals surface area contributed by atoms with Crippen LogP contribution >= 0.6 is 0 Å². The number of nitrogens with one attached hydrogen (secondary N) is 1. The first-order valence-electron chi connectivity index (χ1n) is 6.66. The van der Waals surface area contributed by atoms with E-state index in [1.54, 1.807) is 12.1 Å². The third kappa shape index (κ3) is 2.39. The quantitative estimate of drug-likeness (QED) is 0.766. The highest BCUT2D eigenvalue weighted by molar-refractivity contribution is 5.75. The van der Waals surface area contributed by atoms with Crippen molar-refractivity contribution in [3.63, 3.8) is 0 Å². The average molecular weight is 286 g/mol. The van der Waals surface area contributed by atoms with Crippen LogP contribution in [0.15, 0.2) is 18.2 Å². The molecule has 0 radical (unpaired) electrons. The highest BCUT2D eigenvalue weighted by Crippen LogP contribution is 2.43. The van der Waals surface area contributed by atoms with Gasteiger partial charge in [-0.25, -0.2) is 9.37 Å². The molecule has 0 spiro atoms. The van der Waals surface area contributed by atoms with E-state index in [9.17, 15) is 17.6 Å². The molecule has 1 heterocycles. The van der Waals surface area contributed by atoms with Gasteiger partial charge in [0.25, 0.3) is 0 Å². The molecular formula is C14H14F4N2. The smallest absolute Gasteiger partial charge is 0.342 e. The summed E-state index contributed by atoms with van der Waals surface area (Å²) in [4.78, 5) is 7.11. The number of fused-ring (bicyclic) bond motifs is 1. The van der Waals surface area contributed by atoms with E-state index in [0.29, 0.717) is 24.2 Å². The maximum absolute atomic E-state index is 13.6. The van der Waals surface area contributed by atoms with E-state index >= 15 is 0 Å². The molecule has 20 heavy (non-hydrogen) atoms. The van der Waals surface area contributed by atoms with Crippen LogP contribution in [-0.2, 0) is 0 Å². The lowest BCUT2D eigenvalue weighted by Gasteiger charge is -2.29. The number of imidazole rings is 1. The van der Waals surface area contributed by atoms with E-state index in [2.05, 4.69) is 9.97 Å². The largest absolute Gasteiger partial charge is 0.391 e. The minimum Gasteiger partial charge on any atom is -0.342 e. The molecule has 0 amide bonds. The summed E-state index contributed by atoms with van der Waals surface area (Å²) in [5.74, 6) is -1.53. The Labute approximate surface area is 113 Å². The number of nitrogens with zero attached hydrogens (tertiary/aromatic N) is 1. The van der Waals surface area contributed by atoms with E-state index < -0.39 is 17.9 Å². The Kier molecular flexibility index (Phi) is 3.18. The van der Waals surface area contributed by atoms with Gasteiger partial charge in [0.15, 0.2) is 5.82 Å². The van der Waals surface area contributed by atoms with Gasteiger partial charge < -0.3 is 4.98 Å². The lowest BCUT2D eigenvalue weighted by molar-refractivity contribution is -0.183. The van der Waals surface area contributed by atoms with Crippen molar-refractivity contribution in [2.45, 2.75) is 37.8 Å². The number of benzene rings is 1. The fourth-order valence-electron chi connectivity index (χ4n) is 2.95. The first kappa shape index (κ1) is 13.4. The molecule has 1 aromatic heterocycles. The maximum Gasteiger partial charge on any atom is 0.391 e. The molecule has 1 saturated carbocycles. The fraction of sp³-hybridized carbons (Fsp3) is 0.500. The second-order valence-corrected chi connectivity index (χ2v) is 5.36. The van der Waals surface area contributed by atoms with E-state index in [0.717, 1.165) is 0 Å². The molecule has 0 saturated heterocycles. The van der Waals surface area contributed by atoms with Crippen LogP contribution in [0.25, 0.3) is 11.0 Å². The predicted octanol–water partition coefficient (Wildman–Crippen LogP) is 4.54. The van der Waals surface area contributed by atoms with E-state index in [4.69, 9.17) is 0 Å². The Balaban J connectivity index is 1.89. The molecule has 3 rings (SSSR count). The molecule has 1 fully saturated rings. The van der Waals surface area contributed by atoms with Crippen molar-refractivity contribution < 1.29 is 17.6 Å². The van der Waals surface area contributed by atoms with Crippen molar-refractivity contribution in [3.05, 3.63) is 29.8 Å². The highest BCUT2D eigenvalue weighted by atomic mass is 19.4. The molecular weight excluding hydrogens is 272 g/mol. The maximum atomic E-state index is 13.6. The number of rotatable bonds is 1. The number of aromatic nitrogens is 2. The molecule has 2 atom stereocenters. The molecule has 0 aliphatic heterocycles. The molecule has 0 bridgehead atoms. The minimum atomic E-state index is -4.16. The van der Waals surface area contributed by atoms with Crippen LogP contribution in [-0.4, -0.2) is 16.1 Å². The number of hydrogen-bond donors (Lipinski definition) is 1. The Morgan fingerprint density at radius 3 is 2.70 bits per heavy atom. The van der Waals surface area contributed by atoms with Crippen LogP contribution in [0, 0.1) is 11.7 Å². The van der Waals surface area contributed by atoms with E-state index in [1.807, 2.05) is 0 Å². The first-order chi connectivity index (χ1) is 9.45. The van der Waals surface area contributed by atoms with Crippen molar-refractivity contribution in [2.75, 3.05) is 0 Å². The van der Waals surface area contributed by atoms with Crippen LogP contribution in [0.3, 0.4) is 0 Å². The summed E-state index contributed by atoms with van der Waals surface area (Å²) in [5, 5.41) is 0. The van der Waals surface area contributed by atoms with Crippen LogP contribution in [0.5, 0.6) is 0 Å². The number of aromatic amines is 1. The molecule has 2 nitrogen and oxygen atoms in total. The number of para-hydroxylation sites is 1. The lowest BCUT2D eigenvalue weighted by atomic mass is 9.80. The van der Waals surface area contributed by atoms with Gasteiger partial charge in [-0.15, -0.1) is 0 Å². The Morgan fingerprint density at radius 2 is 2.00 bits per heavy atom. The van der Waals surface area contributed by atoms with Crippen molar-refractivity contribution in [1.82, 2.24) is 9.97 Å². The third-order valence-electron chi connectivity index (χ3n) is 4.01. The predicted molar refractivity (Wildman–Crippen MR) is 66.8 cm³/mol. The number of H-pyrrole nitrogens is 1. The van der Waals surface area contributed by atoms with Crippen LogP contribution < -0.4 is 0 Å². The average Bonchev–Trinajstić information content (AvgIpc) is 2.83. The Bertz CT molecular complexity index is 617. The molecule has 2 aromatic rings. The molecule has 6 heteroatoms. The SMILES string of the molecule is Fc1cccc2[nH]c(C3CCCC(C(F)(F)F)C3)nc12. The number of halogens is 4. The summed E-state index contributed by atoms with van der Waals surface area (Å²) in [6.07, 6.45) is -2.77. The first-order valence-corrected chi connectivity index (χ1v) is 6.66. The van der Waals surface area contributed by atoms with Crippen LogP contribution in [0.2, 0.25) is 0 Å². The fourth-order valence-corrected chi connectivity index (χ4v) is 2.95. The van der Waals surface area contributed by atoms with Gasteiger partial charge in [0.2, 0.25) is 0 Å². The molecule has 1 N–H and O–H groups in total. The lowest BCUT2D eigenvalue weighted by Crippen LogP contribution is -2.28. The van der Waals surface area contributed by atoms with Gasteiger partial charge in [-0.1, -0.05) is 12.5 Å². The summed E-state index contributed by atoms with van der Waals surface area (Å²) in [5.41, 5.74) is 0.741. The molecule has 2 unspecified atom stereocenters. The highest BCUT2D eigenvalue weighted by Gasteiger charge is 2.42. The van der Waals surface area contributed by atoms with Crippen LogP contribution in [0.1, 0.15) is 37.4 Å². The summed E-state index contributed by atoms with van der Waals surface area (Å²) in [6.45, 7) is 0. The zero-order valence-electron chi connectivity index (χ0n) is 10.7. The van der Waals surface area contributed by atoms with Crippen molar-refractivity contribution in [2.24, 2.45) is 5.92 Å².